The van der Waals surface area contributed by atoms with Crippen molar-refractivity contribution in [2.75, 3.05) is 18.5 Å². The van der Waals surface area contributed by atoms with Gasteiger partial charge in [0, 0.05) is 12.6 Å². The number of nitrogens with zero attached hydrogens (tertiary/aromatic N) is 1. The van der Waals surface area contributed by atoms with Crippen LogP contribution in [-0.4, -0.2) is 34.4 Å². The van der Waals surface area contributed by atoms with E-state index in [1.165, 1.54) is 38.4 Å². The van der Waals surface area contributed by atoms with Crippen molar-refractivity contribution in [3.05, 3.63) is 77.2 Å². The van der Waals surface area contributed by atoms with Gasteiger partial charge in [0.2, 0.25) is 0 Å². The summed E-state index contributed by atoms with van der Waals surface area (Å²) < 4.78 is 37.6. The van der Waals surface area contributed by atoms with E-state index in [9.17, 15) is 18.0 Å². The largest absolute Gasteiger partial charge is 0.495 e. The number of hydrogen-bond donors (Lipinski definition) is 2. The SMILES string of the molecule is COc1ccccc1N(C)S(=O)(=O)c1ccc(C(=O)NNC(=O)c2cc(C)oc2C)cc1. The van der Waals surface area contributed by atoms with Crippen LogP contribution in [0.1, 0.15) is 32.2 Å². The van der Waals surface area contributed by atoms with Gasteiger partial charge >= 0.3 is 0 Å². The number of carbonyl (C=O) groups is 2. The van der Waals surface area contributed by atoms with Crippen molar-refractivity contribution in [3.8, 4) is 5.75 Å². The molecule has 3 aromatic rings. The van der Waals surface area contributed by atoms with Gasteiger partial charge in [0.15, 0.2) is 0 Å². The predicted molar refractivity (Wildman–Crippen MR) is 118 cm³/mol. The highest BCUT2D eigenvalue weighted by Gasteiger charge is 2.24. The summed E-state index contributed by atoms with van der Waals surface area (Å²) in [4.78, 5) is 24.5. The molecule has 0 saturated carbocycles. The number of hydrogen-bond acceptors (Lipinski definition) is 6. The number of anilines is 1. The molecule has 0 saturated heterocycles. The molecule has 32 heavy (non-hydrogen) atoms. The summed E-state index contributed by atoms with van der Waals surface area (Å²) in [6.45, 7) is 3.36. The smallest absolute Gasteiger partial charge is 0.273 e. The molecule has 1 aromatic heterocycles. The predicted octanol–water partition coefficient (Wildman–Crippen LogP) is 2.80. The first-order valence-electron chi connectivity index (χ1n) is 9.55. The van der Waals surface area contributed by atoms with Crippen molar-refractivity contribution in [2.45, 2.75) is 18.7 Å². The standard InChI is InChI=1S/C22H23N3O6S/c1-14-13-18(15(2)31-14)22(27)24-23-21(26)16-9-11-17(12-10-16)32(28,29)25(3)19-7-5-6-8-20(19)30-4/h5-13H,1-4H3,(H,23,26)(H,24,27). The van der Waals surface area contributed by atoms with Crippen LogP contribution in [0, 0.1) is 13.8 Å². The van der Waals surface area contributed by atoms with E-state index in [0.717, 1.165) is 4.31 Å². The van der Waals surface area contributed by atoms with Crippen LogP contribution in [0.5, 0.6) is 5.75 Å². The normalized spacial score (nSPS) is 11.0. The van der Waals surface area contributed by atoms with Gasteiger partial charge in [0.05, 0.1) is 23.3 Å². The Morgan fingerprint density at radius 3 is 2.19 bits per heavy atom. The van der Waals surface area contributed by atoms with Crippen LogP contribution in [0.15, 0.2) is 63.9 Å². The quantitative estimate of drug-likeness (QED) is 0.550. The van der Waals surface area contributed by atoms with Crippen LogP contribution in [-0.2, 0) is 10.0 Å². The zero-order chi connectivity index (χ0) is 23.5. The maximum Gasteiger partial charge on any atom is 0.273 e. The molecular weight excluding hydrogens is 434 g/mol. The molecule has 0 aliphatic carbocycles. The highest BCUT2D eigenvalue weighted by Crippen LogP contribution is 2.30. The number of sulfonamides is 1. The molecule has 2 aromatic carbocycles. The molecule has 0 unspecified atom stereocenters. The Bertz CT molecular complexity index is 1250. The summed E-state index contributed by atoms with van der Waals surface area (Å²) in [6.07, 6.45) is 0. The van der Waals surface area contributed by atoms with E-state index in [1.807, 2.05) is 0 Å². The monoisotopic (exact) mass is 457 g/mol. The summed E-state index contributed by atoms with van der Waals surface area (Å²) in [5.74, 6) is 0.300. The lowest BCUT2D eigenvalue weighted by molar-refractivity contribution is 0.0845. The number of carbonyl (C=O) groups excluding carboxylic acids is 2. The highest BCUT2D eigenvalue weighted by atomic mass is 32.2. The first-order valence-corrected chi connectivity index (χ1v) is 11.0. The number of amides is 2. The van der Waals surface area contributed by atoms with Crippen LogP contribution in [0.3, 0.4) is 0 Å². The molecule has 10 heteroatoms. The van der Waals surface area contributed by atoms with Gasteiger partial charge in [-0.15, -0.1) is 0 Å². The van der Waals surface area contributed by atoms with Crippen molar-refractivity contribution in [2.24, 2.45) is 0 Å². The third-order valence-electron chi connectivity index (χ3n) is 4.77. The fourth-order valence-corrected chi connectivity index (χ4v) is 4.27. The summed E-state index contributed by atoms with van der Waals surface area (Å²) in [7, 11) is -1.01. The van der Waals surface area contributed by atoms with Gasteiger partial charge in [0.25, 0.3) is 21.8 Å². The molecule has 0 atom stereocenters. The highest BCUT2D eigenvalue weighted by molar-refractivity contribution is 7.92. The van der Waals surface area contributed by atoms with E-state index in [2.05, 4.69) is 10.9 Å². The van der Waals surface area contributed by atoms with Crippen LogP contribution >= 0.6 is 0 Å². The van der Waals surface area contributed by atoms with E-state index in [1.54, 1.807) is 44.2 Å². The lowest BCUT2D eigenvalue weighted by Crippen LogP contribution is -2.41. The molecule has 0 aliphatic rings. The Balaban J connectivity index is 1.71. The minimum absolute atomic E-state index is 0.00371. The number of benzene rings is 2. The van der Waals surface area contributed by atoms with Crippen LogP contribution in [0.4, 0.5) is 5.69 Å². The molecule has 2 amide bonds. The third-order valence-corrected chi connectivity index (χ3v) is 6.56. The second-order valence-corrected chi connectivity index (χ2v) is 8.87. The number of methoxy groups -OCH3 is 1. The number of furan rings is 1. The fourth-order valence-electron chi connectivity index (χ4n) is 3.07. The Kier molecular flexibility index (Phi) is 6.54. The Hall–Kier alpha value is -3.79. The Labute approximate surface area is 186 Å². The van der Waals surface area contributed by atoms with Gasteiger partial charge in [-0.25, -0.2) is 8.42 Å². The number of nitrogens with one attached hydrogen (secondary N) is 2. The molecule has 168 valence electrons. The maximum atomic E-state index is 13.0. The van der Waals surface area contributed by atoms with Crippen molar-refractivity contribution < 1.29 is 27.2 Å². The van der Waals surface area contributed by atoms with Gasteiger partial charge in [-0.05, 0) is 56.3 Å². The molecule has 3 rings (SSSR count). The average Bonchev–Trinajstić information content (AvgIpc) is 3.14. The van der Waals surface area contributed by atoms with Crippen molar-refractivity contribution in [1.29, 1.82) is 0 Å². The van der Waals surface area contributed by atoms with E-state index in [0.29, 0.717) is 28.5 Å². The Morgan fingerprint density at radius 1 is 0.969 bits per heavy atom. The average molecular weight is 458 g/mol. The number of ether oxygens (including phenoxy) is 1. The molecule has 1 heterocycles. The van der Waals surface area contributed by atoms with Crippen molar-refractivity contribution >= 4 is 27.5 Å². The van der Waals surface area contributed by atoms with E-state index in [-0.39, 0.29) is 10.5 Å². The summed E-state index contributed by atoms with van der Waals surface area (Å²) >= 11 is 0. The van der Waals surface area contributed by atoms with E-state index >= 15 is 0 Å². The molecule has 0 radical (unpaired) electrons. The first-order chi connectivity index (χ1) is 15.1. The topological polar surface area (TPSA) is 118 Å². The summed E-state index contributed by atoms with van der Waals surface area (Å²) in [5, 5.41) is 0. The minimum Gasteiger partial charge on any atom is -0.495 e. The molecular formula is C22H23N3O6S. The van der Waals surface area contributed by atoms with E-state index in [4.69, 9.17) is 9.15 Å². The maximum absolute atomic E-state index is 13.0. The zero-order valence-corrected chi connectivity index (χ0v) is 18.8. The minimum atomic E-state index is -3.89. The molecule has 0 fully saturated rings. The molecule has 9 nitrogen and oxygen atoms in total. The lowest BCUT2D eigenvalue weighted by Gasteiger charge is -2.21. The van der Waals surface area contributed by atoms with Crippen LogP contribution in [0.25, 0.3) is 0 Å². The lowest BCUT2D eigenvalue weighted by atomic mass is 10.2. The van der Waals surface area contributed by atoms with Gasteiger partial charge in [-0.2, -0.15) is 0 Å². The molecule has 0 spiro atoms. The van der Waals surface area contributed by atoms with Crippen LogP contribution < -0.4 is 19.9 Å². The molecule has 2 N–H and O–H groups in total. The van der Waals surface area contributed by atoms with Gasteiger partial charge in [-0.3, -0.25) is 24.7 Å². The van der Waals surface area contributed by atoms with Gasteiger partial charge in [0.1, 0.15) is 17.3 Å². The van der Waals surface area contributed by atoms with E-state index < -0.39 is 21.8 Å². The van der Waals surface area contributed by atoms with Crippen LogP contribution in [0.2, 0.25) is 0 Å². The molecule has 0 aliphatic heterocycles. The summed E-state index contributed by atoms with van der Waals surface area (Å²) in [5.41, 5.74) is 5.47. The summed E-state index contributed by atoms with van der Waals surface area (Å²) in [6, 6.07) is 13.7. The third kappa shape index (κ3) is 4.59. The van der Waals surface area contributed by atoms with Crippen molar-refractivity contribution in [1.82, 2.24) is 10.9 Å². The van der Waals surface area contributed by atoms with Gasteiger partial charge in [-0.1, -0.05) is 12.1 Å². The zero-order valence-electron chi connectivity index (χ0n) is 18.0. The van der Waals surface area contributed by atoms with Crippen molar-refractivity contribution in [3.63, 3.8) is 0 Å². The fraction of sp³-hybridized carbons (Fsp3) is 0.182. The second-order valence-electron chi connectivity index (χ2n) is 6.90. The number of rotatable bonds is 6. The Morgan fingerprint density at radius 2 is 1.59 bits per heavy atom. The second kappa shape index (κ2) is 9.15. The number of para-hydroxylation sites is 2. The molecule has 0 bridgehead atoms. The number of hydrazine groups is 1. The van der Waals surface area contributed by atoms with Gasteiger partial charge < -0.3 is 9.15 Å². The first kappa shape index (κ1) is 22.9. The number of aryl methyl sites for hydroxylation is 2.